The highest BCUT2D eigenvalue weighted by molar-refractivity contribution is 5.50. The minimum Gasteiger partial charge on any atom is -0.382 e. The van der Waals surface area contributed by atoms with E-state index in [4.69, 9.17) is 5.73 Å². The fourth-order valence-electron chi connectivity index (χ4n) is 2.13. The molecule has 92 valence electrons. The second-order valence-electron chi connectivity index (χ2n) is 4.34. The Labute approximate surface area is 98.0 Å². The van der Waals surface area contributed by atoms with Gasteiger partial charge in [-0.15, -0.1) is 0 Å². The number of hydrogen-bond acceptors (Lipinski definition) is 4. The van der Waals surface area contributed by atoms with Crippen molar-refractivity contribution in [1.82, 2.24) is 0 Å². The number of rotatable bonds is 3. The summed E-state index contributed by atoms with van der Waals surface area (Å²) in [6.07, 6.45) is 2.74. The number of nitro benzene ring substituents is 1. The largest absolute Gasteiger partial charge is 0.382 e. The van der Waals surface area contributed by atoms with Crippen molar-refractivity contribution >= 4 is 11.4 Å². The Morgan fingerprint density at radius 2 is 2.24 bits per heavy atom. The zero-order chi connectivity index (χ0) is 12.4. The predicted molar refractivity (Wildman–Crippen MR) is 62.3 cm³/mol. The summed E-state index contributed by atoms with van der Waals surface area (Å²) in [4.78, 5) is 9.72. The van der Waals surface area contributed by atoms with Crippen LogP contribution in [0.5, 0.6) is 0 Å². The topological polar surface area (TPSA) is 81.2 Å². The number of hydrogen-bond donors (Lipinski definition) is 2. The molecule has 1 saturated carbocycles. The first-order valence-corrected chi connectivity index (χ1v) is 5.52. The lowest BCUT2D eigenvalue weighted by molar-refractivity contribution is -0.387. The molecule has 2 atom stereocenters. The first-order valence-electron chi connectivity index (χ1n) is 5.52. The first-order chi connectivity index (χ1) is 8.06. The Morgan fingerprint density at radius 3 is 2.76 bits per heavy atom. The maximum Gasteiger partial charge on any atom is 0.304 e. The monoisotopic (exact) mass is 239 g/mol. The molecule has 0 radical (unpaired) electrons. The molecule has 1 aromatic rings. The van der Waals surface area contributed by atoms with Crippen molar-refractivity contribution in [3.63, 3.8) is 0 Å². The van der Waals surface area contributed by atoms with Gasteiger partial charge in [-0.25, -0.2) is 0 Å². The highest BCUT2D eigenvalue weighted by atomic mass is 19.1. The summed E-state index contributed by atoms with van der Waals surface area (Å²) in [7, 11) is 0. The summed E-state index contributed by atoms with van der Waals surface area (Å²) >= 11 is 0. The Hall–Kier alpha value is -1.69. The zero-order valence-electron chi connectivity index (χ0n) is 9.23. The van der Waals surface area contributed by atoms with Gasteiger partial charge in [0, 0.05) is 29.9 Å². The molecule has 0 saturated heterocycles. The van der Waals surface area contributed by atoms with Gasteiger partial charge in [0.1, 0.15) is 0 Å². The van der Waals surface area contributed by atoms with Gasteiger partial charge in [-0.05, 0) is 25.3 Å². The van der Waals surface area contributed by atoms with Crippen LogP contribution >= 0.6 is 0 Å². The second-order valence-corrected chi connectivity index (χ2v) is 4.34. The van der Waals surface area contributed by atoms with E-state index in [1.54, 1.807) is 0 Å². The number of anilines is 1. The van der Waals surface area contributed by atoms with Crippen LogP contribution < -0.4 is 11.1 Å². The molecule has 0 aliphatic heterocycles. The molecule has 0 bridgehead atoms. The molecule has 2 rings (SSSR count). The first kappa shape index (κ1) is 11.8. The van der Waals surface area contributed by atoms with Gasteiger partial charge in [0.2, 0.25) is 5.82 Å². The van der Waals surface area contributed by atoms with Crippen molar-refractivity contribution in [2.24, 2.45) is 5.73 Å². The third kappa shape index (κ3) is 2.71. The molecule has 5 nitrogen and oxygen atoms in total. The average molecular weight is 239 g/mol. The lowest BCUT2D eigenvalue weighted by Crippen LogP contribution is -2.20. The summed E-state index contributed by atoms with van der Waals surface area (Å²) in [6, 6.07) is 4.26. The highest BCUT2D eigenvalue weighted by Gasteiger charge is 2.22. The van der Waals surface area contributed by atoms with E-state index in [9.17, 15) is 14.5 Å². The Morgan fingerprint density at radius 1 is 1.47 bits per heavy atom. The van der Waals surface area contributed by atoms with Crippen molar-refractivity contribution in [1.29, 1.82) is 0 Å². The van der Waals surface area contributed by atoms with Crippen LogP contribution in [-0.4, -0.2) is 17.0 Å². The molecule has 0 aromatic heterocycles. The number of halogens is 1. The van der Waals surface area contributed by atoms with E-state index < -0.39 is 16.4 Å². The van der Waals surface area contributed by atoms with Crippen molar-refractivity contribution in [2.45, 2.75) is 31.3 Å². The van der Waals surface area contributed by atoms with Gasteiger partial charge in [0.05, 0.1) is 4.92 Å². The third-order valence-electron chi connectivity index (χ3n) is 2.99. The number of nitrogens with two attached hydrogens (primary N) is 1. The Balaban J connectivity index is 2.07. The van der Waals surface area contributed by atoms with Crippen molar-refractivity contribution in [3.8, 4) is 0 Å². The number of nitrogens with one attached hydrogen (secondary N) is 1. The fourth-order valence-corrected chi connectivity index (χ4v) is 2.13. The van der Waals surface area contributed by atoms with Gasteiger partial charge >= 0.3 is 5.69 Å². The van der Waals surface area contributed by atoms with Gasteiger partial charge < -0.3 is 11.1 Å². The Kier molecular flexibility index (Phi) is 3.23. The molecule has 2 unspecified atom stereocenters. The standard InChI is InChI=1S/C11H14FN3O2/c12-10-6-9(3-4-11(10)15(16)17)14-8-2-1-7(13)5-8/h3-4,6-8,14H,1-2,5,13H2. The molecule has 6 heteroatoms. The molecule has 0 heterocycles. The molecule has 1 aromatic carbocycles. The van der Waals surface area contributed by atoms with Gasteiger partial charge in [0.15, 0.2) is 0 Å². The average Bonchev–Trinajstić information content (AvgIpc) is 2.63. The van der Waals surface area contributed by atoms with E-state index in [0.29, 0.717) is 5.69 Å². The van der Waals surface area contributed by atoms with Gasteiger partial charge in [0.25, 0.3) is 0 Å². The molecule has 0 spiro atoms. The smallest absolute Gasteiger partial charge is 0.304 e. The van der Waals surface area contributed by atoms with Crippen LogP contribution in [0, 0.1) is 15.9 Å². The van der Waals surface area contributed by atoms with Gasteiger partial charge in [-0.2, -0.15) is 4.39 Å². The number of nitro groups is 1. The molecule has 1 aliphatic rings. The summed E-state index contributed by atoms with van der Waals surface area (Å²) in [5, 5.41) is 13.6. The number of benzene rings is 1. The number of nitrogens with zero attached hydrogens (tertiary/aromatic N) is 1. The van der Waals surface area contributed by atoms with Crippen molar-refractivity contribution in [2.75, 3.05) is 5.32 Å². The highest BCUT2D eigenvalue weighted by Crippen LogP contribution is 2.25. The second kappa shape index (κ2) is 4.67. The quantitative estimate of drug-likeness (QED) is 0.624. The van der Waals surface area contributed by atoms with E-state index in [-0.39, 0.29) is 12.1 Å². The van der Waals surface area contributed by atoms with Crippen LogP contribution in [0.3, 0.4) is 0 Å². The molecule has 17 heavy (non-hydrogen) atoms. The minimum atomic E-state index is -0.817. The summed E-state index contributed by atoms with van der Waals surface area (Å²) in [5.74, 6) is -0.817. The molecular formula is C11H14FN3O2. The third-order valence-corrected chi connectivity index (χ3v) is 2.99. The van der Waals surface area contributed by atoms with Crippen molar-refractivity contribution < 1.29 is 9.31 Å². The fraction of sp³-hybridized carbons (Fsp3) is 0.455. The normalized spacial score (nSPS) is 23.6. The van der Waals surface area contributed by atoms with E-state index in [2.05, 4.69) is 5.32 Å². The van der Waals surface area contributed by atoms with Crippen molar-refractivity contribution in [3.05, 3.63) is 34.1 Å². The van der Waals surface area contributed by atoms with E-state index in [1.807, 2.05) is 0 Å². The van der Waals surface area contributed by atoms with E-state index in [1.165, 1.54) is 12.1 Å². The summed E-state index contributed by atoms with van der Waals surface area (Å²) in [6.45, 7) is 0. The van der Waals surface area contributed by atoms with Crippen LogP contribution in [0.2, 0.25) is 0 Å². The van der Waals surface area contributed by atoms with Gasteiger partial charge in [-0.1, -0.05) is 0 Å². The SMILES string of the molecule is NC1CCC(Nc2ccc([N+](=O)[O-])c(F)c2)C1. The summed E-state index contributed by atoms with van der Waals surface area (Å²) in [5.41, 5.74) is 5.83. The van der Waals surface area contributed by atoms with Gasteiger partial charge in [-0.3, -0.25) is 10.1 Å². The van der Waals surface area contributed by atoms with Crippen LogP contribution in [0.15, 0.2) is 18.2 Å². The molecule has 1 aliphatic carbocycles. The van der Waals surface area contributed by atoms with E-state index >= 15 is 0 Å². The molecular weight excluding hydrogens is 225 g/mol. The minimum absolute atomic E-state index is 0.190. The van der Waals surface area contributed by atoms with E-state index in [0.717, 1.165) is 25.3 Å². The maximum absolute atomic E-state index is 13.3. The van der Waals surface area contributed by atoms with Crippen LogP contribution in [0.1, 0.15) is 19.3 Å². The lowest BCUT2D eigenvalue weighted by Gasteiger charge is -2.13. The zero-order valence-corrected chi connectivity index (χ0v) is 9.23. The molecule has 3 N–H and O–H groups in total. The predicted octanol–water partition coefficient (Wildman–Crippen LogP) is 2.03. The molecule has 1 fully saturated rings. The van der Waals surface area contributed by atoms with Crippen LogP contribution in [-0.2, 0) is 0 Å². The van der Waals surface area contributed by atoms with Crippen LogP contribution in [0.4, 0.5) is 15.8 Å². The molecule has 0 amide bonds. The Bertz CT molecular complexity index is 439. The lowest BCUT2D eigenvalue weighted by atomic mass is 10.2. The maximum atomic E-state index is 13.3. The van der Waals surface area contributed by atoms with Crippen LogP contribution in [0.25, 0.3) is 0 Å². The summed E-state index contributed by atoms with van der Waals surface area (Å²) < 4.78 is 13.3.